The van der Waals surface area contributed by atoms with E-state index in [2.05, 4.69) is 0 Å². The molecular formula is C18H25NO5. The fourth-order valence-electron chi connectivity index (χ4n) is 2.90. The van der Waals surface area contributed by atoms with Crippen molar-refractivity contribution in [3.8, 4) is 5.75 Å². The quantitative estimate of drug-likeness (QED) is 0.917. The molecule has 24 heavy (non-hydrogen) atoms. The molecule has 0 saturated carbocycles. The highest BCUT2D eigenvalue weighted by atomic mass is 16.6. The minimum absolute atomic E-state index is 0.0824. The van der Waals surface area contributed by atoms with E-state index in [9.17, 15) is 14.7 Å². The van der Waals surface area contributed by atoms with Crippen LogP contribution in [0.1, 0.15) is 45.1 Å². The van der Waals surface area contributed by atoms with Gasteiger partial charge in [0.15, 0.2) is 0 Å². The Balaban J connectivity index is 2.17. The van der Waals surface area contributed by atoms with Crippen LogP contribution in [0.4, 0.5) is 4.79 Å². The monoisotopic (exact) mass is 335 g/mol. The highest BCUT2D eigenvalue weighted by Crippen LogP contribution is 2.32. The Bertz CT molecular complexity index is 590. The lowest BCUT2D eigenvalue weighted by molar-refractivity contribution is -0.144. The van der Waals surface area contributed by atoms with Crippen molar-refractivity contribution in [1.82, 2.24) is 4.90 Å². The number of carboxylic acid groups (broad SMARTS) is 1. The van der Waals surface area contributed by atoms with Crippen LogP contribution in [0.15, 0.2) is 24.3 Å². The second kappa shape index (κ2) is 7.11. The number of methoxy groups -OCH3 is 1. The molecule has 1 saturated heterocycles. The van der Waals surface area contributed by atoms with Crippen molar-refractivity contribution in [3.63, 3.8) is 0 Å². The minimum atomic E-state index is -0.992. The number of benzene rings is 1. The molecule has 1 aromatic rings. The number of hydrogen-bond acceptors (Lipinski definition) is 4. The van der Waals surface area contributed by atoms with Crippen molar-refractivity contribution in [1.29, 1.82) is 0 Å². The van der Waals surface area contributed by atoms with E-state index in [0.717, 1.165) is 11.3 Å². The van der Waals surface area contributed by atoms with Gasteiger partial charge in [-0.15, -0.1) is 0 Å². The van der Waals surface area contributed by atoms with Gasteiger partial charge in [0.25, 0.3) is 0 Å². The van der Waals surface area contributed by atoms with Gasteiger partial charge in [-0.05, 0) is 51.3 Å². The Morgan fingerprint density at radius 2 is 1.79 bits per heavy atom. The molecule has 0 bridgehead atoms. The highest BCUT2D eigenvalue weighted by Gasteiger charge is 2.38. The van der Waals surface area contributed by atoms with Crippen LogP contribution in [0.3, 0.4) is 0 Å². The van der Waals surface area contributed by atoms with Crippen LogP contribution in [0.2, 0.25) is 0 Å². The third-order valence-corrected chi connectivity index (χ3v) is 4.08. The molecule has 1 aliphatic rings. The molecule has 2 unspecified atom stereocenters. The van der Waals surface area contributed by atoms with Crippen LogP contribution in [-0.4, -0.2) is 47.4 Å². The molecule has 6 heteroatoms. The molecule has 2 atom stereocenters. The number of hydrogen-bond donors (Lipinski definition) is 1. The molecule has 0 radical (unpaired) electrons. The first-order valence-electron chi connectivity index (χ1n) is 8.07. The number of carbonyl (C=O) groups excluding carboxylic acids is 1. The van der Waals surface area contributed by atoms with E-state index in [1.54, 1.807) is 27.9 Å². The van der Waals surface area contributed by atoms with Gasteiger partial charge in [0.2, 0.25) is 0 Å². The first-order chi connectivity index (χ1) is 11.2. The summed E-state index contributed by atoms with van der Waals surface area (Å²) in [5.74, 6) is -0.143. The van der Waals surface area contributed by atoms with Gasteiger partial charge in [0, 0.05) is 12.5 Å². The molecular weight excluding hydrogens is 310 g/mol. The van der Waals surface area contributed by atoms with Gasteiger partial charge in [-0.3, -0.25) is 4.90 Å². The van der Waals surface area contributed by atoms with Crippen LogP contribution in [0.5, 0.6) is 5.75 Å². The lowest BCUT2D eigenvalue weighted by Gasteiger charge is -2.38. The van der Waals surface area contributed by atoms with Crippen molar-refractivity contribution in [3.05, 3.63) is 29.8 Å². The predicted molar refractivity (Wildman–Crippen MR) is 89.3 cm³/mol. The molecule has 1 fully saturated rings. The number of nitrogens with zero attached hydrogens (tertiary/aromatic N) is 1. The van der Waals surface area contributed by atoms with Crippen LogP contribution >= 0.6 is 0 Å². The van der Waals surface area contributed by atoms with E-state index in [-0.39, 0.29) is 5.92 Å². The zero-order chi connectivity index (χ0) is 17.9. The van der Waals surface area contributed by atoms with Crippen molar-refractivity contribution in [2.75, 3.05) is 13.7 Å². The van der Waals surface area contributed by atoms with Crippen LogP contribution in [0, 0.1) is 0 Å². The number of amides is 1. The van der Waals surface area contributed by atoms with Crippen molar-refractivity contribution >= 4 is 12.1 Å². The lowest BCUT2D eigenvalue weighted by atomic mass is 9.87. The van der Waals surface area contributed by atoms with E-state index in [1.807, 2.05) is 24.3 Å². The maximum atomic E-state index is 12.4. The second-order valence-electron chi connectivity index (χ2n) is 7.03. The summed E-state index contributed by atoms with van der Waals surface area (Å²) in [4.78, 5) is 25.3. The van der Waals surface area contributed by atoms with Gasteiger partial charge in [0.05, 0.1) is 7.11 Å². The summed E-state index contributed by atoms with van der Waals surface area (Å²) in [6.45, 7) is 5.64. The Labute approximate surface area is 142 Å². The molecule has 1 heterocycles. The molecule has 0 aliphatic carbocycles. The largest absolute Gasteiger partial charge is 0.497 e. The van der Waals surface area contributed by atoms with Gasteiger partial charge < -0.3 is 14.6 Å². The normalized spacial score (nSPS) is 21.2. The summed E-state index contributed by atoms with van der Waals surface area (Å²) < 4.78 is 10.5. The number of carbonyl (C=O) groups is 2. The van der Waals surface area contributed by atoms with E-state index < -0.39 is 23.7 Å². The average molecular weight is 335 g/mol. The zero-order valence-electron chi connectivity index (χ0n) is 14.6. The number of aliphatic carboxylic acids is 1. The zero-order valence-corrected chi connectivity index (χ0v) is 14.6. The summed E-state index contributed by atoms with van der Waals surface area (Å²) in [6.07, 6.45) is 0.543. The Morgan fingerprint density at radius 1 is 1.17 bits per heavy atom. The Morgan fingerprint density at radius 3 is 2.29 bits per heavy atom. The number of carboxylic acids is 1. The highest BCUT2D eigenvalue weighted by molar-refractivity contribution is 5.80. The van der Waals surface area contributed by atoms with Gasteiger partial charge in [-0.2, -0.15) is 0 Å². The number of piperidine rings is 1. The number of rotatable bonds is 3. The maximum absolute atomic E-state index is 12.4. The molecule has 1 N–H and O–H groups in total. The molecule has 0 spiro atoms. The average Bonchev–Trinajstić information content (AvgIpc) is 2.52. The second-order valence-corrected chi connectivity index (χ2v) is 7.03. The molecule has 1 aliphatic heterocycles. The third kappa shape index (κ3) is 4.40. The summed E-state index contributed by atoms with van der Waals surface area (Å²) in [6, 6.07) is 6.82. The Hall–Kier alpha value is -2.24. The van der Waals surface area contributed by atoms with E-state index in [4.69, 9.17) is 9.47 Å². The Kier molecular flexibility index (Phi) is 5.36. The van der Waals surface area contributed by atoms with Crippen molar-refractivity contribution in [2.45, 2.75) is 51.2 Å². The fourth-order valence-corrected chi connectivity index (χ4v) is 2.90. The van der Waals surface area contributed by atoms with Crippen LogP contribution in [0.25, 0.3) is 0 Å². The maximum Gasteiger partial charge on any atom is 0.411 e. The standard InChI is InChI=1S/C18H25NO5/c1-18(2,3)24-17(22)19-11-13(7-10-15(19)16(20)21)12-5-8-14(23-4)9-6-12/h5-6,8-9,13,15H,7,10-11H2,1-4H3,(H,20,21). The number of ether oxygens (including phenoxy) is 2. The summed E-state index contributed by atoms with van der Waals surface area (Å²) in [5.41, 5.74) is 0.404. The van der Waals surface area contributed by atoms with Gasteiger partial charge >= 0.3 is 12.1 Å². The van der Waals surface area contributed by atoms with E-state index in [1.165, 1.54) is 4.90 Å². The summed E-state index contributed by atoms with van der Waals surface area (Å²) >= 11 is 0. The molecule has 2 rings (SSSR count). The first kappa shape index (κ1) is 18.1. The lowest BCUT2D eigenvalue weighted by Crippen LogP contribution is -2.51. The fraction of sp³-hybridized carbons (Fsp3) is 0.556. The summed E-state index contributed by atoms with van der Waals surface area (Å²) in [5, 5.41) is 9.42. The van der Waals surface area contributed by atoms with Crippen LogP contribution in [-0.2, 0) is 9.53 Å². The smallest absolute Gasteiger partial charge is 0.411 e. The van der Waals surface area contributed by atoms with Crippen molar-refractivity contribution in [2.24, 2.45) is 0 Å². The van der Waals surface area contributed by atoms with Crippen molar-refractivity contribution < 1.29 is 24.2 Å². The summed E-state index contributed by atoms with van der Waals surface area (Å²) in [7, 11) is 1.61. The van der Waals surface area contributed by atoms with Gasteiger partial charge in [-0.25, -0.2) is 9.59 Å². The number of likely N-dealkylation sites (tertiary alicyclic amines) is 1. The molecule has 1 amide bonds. The molecule has 0 aromatic heterocycles. The topological polar surface area (TPSA) is 76.1 Å². The minimum Gasteiger partial charge on any atom is -0.497 e. The van der Waals surface area contributed by atoms with E-state index >= 15 is 0 Å². The third-order valence-electron chi connectivity index (χ3n) is 4.08. The van der Waals surface area contributed by atoms with E-state index in [0.29, 0.717) is 19.4 Å². The molecule has 1 aromatic carbocycles. The van der Waals surface area contributed by atoms with Gasteiger partial charge in [0.1, 0.15) is 17.4 Å². The molecule has 6 nitrogen and oxygen atoms in total. The van der Waals surface area contributed by atoms with Gasteiger partial charge in [-0.1, -0.05) is 12.1 Å². The molecule has 132 valence electrons. The first-order valence-corrected chi connectivity index (χ1v) is 8.07. The predicted octanol–water partition coefficient (Wildman–Crippen LogP) is 3.26. The van der Waals surface area contributed by atoms with Crippen LogP contribution < -0.4 is 4.74 Å². The SMILES string of the molecule is COc1ccc(C2CCC(C(=O)O)N(C(=O)OC(C)(C)C)C2)cc1.